The molecule has 0 aliphatic heterocycles. The second-order valence-electron chi connectivity index (χ2n) is 0.956. The summed E-state index contributed by atoms with van der Waals surface area (Å²) in [5.74, 6) is -0.359. The average molecular weight is 114 g/mol. The van der Waals surface area contributed by atoms with Gasteiger partial charge in [0.1, 0.15) is 0 Å². The summed E-state index contributed by atoms with van der Waals surface area (Å²) in [4.78, 5) is 10.1. The van der Waals surface area contributed by atoms with Crippen LogP contribution >= 0.6 is 0 Å². The fraction of sp³-hybridized carbons (Fsp3) is 0.400. The van der Waals surface area contributed by atoms with Crippen molar-refractivity contribution in [1.82, 2.24) is 0 Å². The maximum Gasteiger partial charge on any atom is 0.330 e. The van der Waals surface area contributed by atoms with Crippen molar-refractivity contribution in [3.63, 3.8) is 0 Å². The van der Waals surface area contributed by atoms with Crippen LogP contribution in [0.5, 0.6) is 0 Å². The third-order valence-corrected chi connectivity index (χ3v) is 0.453. The van der Waals surface area contributed by atoms with Crippen molar-refractivity contribution in [3.8, 4) is 0 Å². The number of hydrogen-bond acceptors (Lipinski definition) is 2. The van der Waals surface area contributed by atoms with Gasteiger partial charge < -0.3 is 4.74 Å². The summed E-state index contributed by atoms with van der Waals surface area (Å²) in [6.07, 6.45) is 1.14. The van der Waals surface area contributed by atoms with Crippen LogP contribution in [-0.4, -0.2) is 50.3 Å². The molecule has 0 aromatic heterocycles. The summed E-state index contributed by atoms with van der Waals surface area (Å²) in [5, 5.41) is 0. The summed E-state index contributed by atoms with van der Waals surface area (Å²) < 4.78 is 4.43. The number of carbonyl (C=O) groups excluding carboxylic acids is 1. The first kappa shape index (κ1) is 16.2. The Morgan fingerprint density at radius 1 is 1.67 bits per heavy atom. The van der Waals surface area contributed by atoms with Crippen molar-refractivity contribution in [3.05, 3.63) is 12.7 Å². The predicted octanol–water partition coefficient (Wildman–Crippen LogP) is -0.0261. The molecule has 0 N–H and O–H groups in total. The van der Waals surface area contributed by atoms with Gasteiger partial charge in [0.2, 0.25) is 0 Å². The Labute approximate surface area is 79.4 Å². The molecule has 0 aromatic carbocycles. The van der Waals surface area contributed by atoms with E-state index in [1.807, 2.05) is 0 Å². The molecule has 0 rings (SSSR count). The maximum absolute atomic E-state index is 10.1. The average Bonchev–Trinajstić information content (AvgIpc) is 1.68. The molecule has 0 amide bonds. The second-order valence-corrected chi connectivity index (χ2v) is 0.956. The molecular weight excluding hydrogens is 106 g/mol. The molecule has 9 heavy (non-hydrogen) atoms. The van der Waals surface area contributed by atoms with Gasteiger partial charge in [0, 0.05) is 43.8 Å². The molecule has 4 heteroatoms. The SMILES string of the molecule is C=CC(=O)OCC.[Li].[Li]. The third-order valence-electron chi connectivity index (χ3n) is 0.453. The summed E-state index contributed by atoms with van der Waals surface area (Å²) >= 11 is 0. The van der Waals surface area contributed by atoms with Gasteiger partial charge in [0.15, 0.2) is 0 Å². The van der Waals surface area contributed by atoms with Crippen LogP contribution in [0, 0.1) is 0 Å². The first-order valence-corrected chi connectivity index (χ1v) is 2.10. The van der Waals surface area contributed by atoms with Gasteiger partial charge in [-0.3, -0.25) is 0 Å². The van der Waals surface area contributed by atoms with E-state index < -0.39 is 0 Å². The number of esters is 1. The largest absolute Gasteiger partial charge is 0.463 e. The van der Waals surface area contributed by atoms with Gasteiger partial charge in [-0.05, 0) is 6.92 Å². The van der Waals surface area contributed by atoms with Crippen LogP contribution in [0.3, 0.4) is 0 Å². The number of ether oxygens (including phenoxy) is 1. The molecule has 0 saturated carbocycles. The minimum atomic E-state index is -0.359. The fourth-order valence-electron chi connectivity index (χ4n) is 0.201. The molecule has 2 nitrogen and oxygen atoms in total. The Kier molecular flexibility index (Phi) is 20.2. The van der Waals surface area contributed by atoms with Crippen LogP contribution in [-0.2, 0) is 9.53 Å². The van der Waals surface area contributed by atoms with E-state index in [2.05, 4.69) is 11.3 Å². The summed E-state index contributed by atoms with van der Waals surface area (Å²) in [5.41, 5.74) is 0. The Morgan fingerprint density at radius 3 is 2.22 bits per heavy atom. The van der Waals surface area contributed by atoms with E-state index in [1.165, 1.54) is 0 Å². The molecule has 0 heterocycles. The van der Waals surface area contributed by atoms with E-state index in [1.54, 1.807) is 6.92 Å². The number of hydrogen-bond donors (Lipinski definition) is 0. The number of rotatable bonds is 2. The molecule has 42 valence electrons. The molecule has 0 saturated heterocycles. The van der Waals surface area contributed by atoms with E-state index in [0.29, 0.717) is 6.61 Å². The summed E-state index contributed by atoms with van der Waals surface area (Å²) in [6, 6.07) is 0. The molecule has 0 fully saturated rings. The van der Waals surface area contributed by atoms with E-state index in [-0.39, 0.29) is 43.7 Å². The zero-order valence-corrected chi connectivity index (χ0v) is 6.31. The van der Waals surface area contributed by atoms with Crippen molar-refractivity contribution in [1.29, 1.82) is 0 Å². The molecule has 0 aliphatic rings. The Balaban J connectivity index is -0.000000180. The minimum Gasteiger partial charge on any atom is -0.463 e. The summed E-state index contributed by atoms with van der Waals surface area (Å²) in [6.45, 7) is 5.38. The van der Waals surface area contributed by atoms with Crippen molar-refractivity contribution in [2.24, 2.45) is 0 Å². The first-order valence-electron chi connectivity index (χ1n) is 2.10. The van der Waals surface area contributed by atoms with Gasteiger partial charge in [-0.2, -0.15) is 0 Å². The van der Waals surface area contributed by atoms with Crippen molar-refractivity contribution in [2.45, 2.75) is 6.92 Å². The van der Waals surface area contributed by atoms with Gasteiger partial charge in [0.05, 0.1) is 6.61 Å². The van der Waals surface area contributed by atoms with Crippen LogP contribution < -0.4 is 0 Å². The molecule has 2 radical (unpaired) electrons. The van der Waals surface area contributed by atoms with Crippen molar-refractivity contribution in [2.75, 3.05) is 6.61 Å². The standard InChI is InChI=1S/C5H8O2.2Li/c1-3-5(6)7-4-2;;/h3H,1,4H2,2H3;;. The molecular formula is C5H8Li2O2. The van der Waals surface area contributed by atoms with E-state index >= 15 is 0 Å². The third kappa shape index (κ3) is 11.8. The first-order chi connectivity index (χ1) is 3.31. The fourth-order valence-corrected chi connectivity index (χ4v) is 0.201. The van der Waals surface area contributed by atoms with Crippen LogP contribution in [0.1, 0.15) is 6.92 Å². The second kappa shape index (κ2) is 11.2. The molecule has 0 unspecified atom stereocenters. The van der Waals surface area contributed by atoms with Crippen molar-refractivity contribution >= 4 is 43.7 Å². The maximum atomic E-state index is 10.1. The van der Waals surface area contributed by atoms with Gasteiger partial charge in [-0.15, -0.1) is 0 Å². The molecule has 0 aromatic rings. The van der Waals surface area contributed by atoms with Crippen LogP contribution in [0.4, 0.5) is 0 Å². The predicted molar refractivity (Wildman–Crippen MR) is 38.3 cm³/mol. The van der Waals surface area contributed by atoms with Gasteiger partial charge in [0.25, 0.3) is 0 Å². The zero-order valence-electron chi connectivity index (χ0n) is 6.31. The van der Waals surface area contributed by atoms with Crippen LogP contribution in [0.15, 0.2) is 12.7 Å². The minimum absolute atomic E-state index is 0. The smallest absolute Gasteiger partial charge is 0.330 e. The van der Waals surface area contributed by atoms with E-state index in [0.717, 1.165) is 6.08 Å². The van der Waals surface area contributed by atoms with Crippen LogP contribution in [0.25, 0.3) is 0 Å². The zero-order chi connectivity index (χ0) is 5.70. The monoisotopic (exact) mass is 114 g/mol. The normalized spacial score (nSPS) is 5.89. The van der Waals surface area contributed by atoms with E-state index in [4.69, 9.17) is 0 Å². The van der Waals surface area contributed by atoms with Gasteiger partial charge in [-0.25, -0.2) is 4.79 Å². The quantitative estimate of drug-likeness (QED) is 0.286. The van der Waals surface area contributed by atoms with Crippen LogP contribution in [0.2, 0.25) is 0 Å². The van der Waals surface area contributed by atoms with E-state index in [9.17, 15) is 4.79 Å². The summed E-state index contributed by atoms with van der Waals surface area (Å²) in [7, 11) is 0. The number of carbonyl (C=O) groups is 1. The molecule has 0 aliphatic carbocycles. The van der Waals surface area contributed by atoms with Gasteiger partial charge in [-0.1, -0.05) is 6.58 Å². The Hall–Kier alpha value is 0.405. The molecule has 0 spiro atoms. The molecule has 0 bridgehead atoms. The Morgan fingerprint density at radius 2 is 2.11 bits per heavy atom. The van der Waals surface area contributed by atoms with Crippen molar-refractivity contribution < 1.29 is 9.53 Å². The molecule has 0 atom stereocenters. The van der Waals surface area contributed by atoms with Gasteiger partial charge >= 0.3 is 5.97 Å². The topological polar surface area (TPSA) is 26.3 Å². The Bertz CT molecular complexity index is 83.0.